The van der Waals surface area contributed by atoms with Crippen molar-refractivity contribution < 1.29 is 4.79 Å². The van der Waals surface area contributed by atoms with Crippen LogP contribution < -0.4 is 0 Å². The molecule has 0 fully saturated rings. The van der Waals surface area contributed by atoms with Gasteiger partial charge < -0.3 is 4.57 Å². The van der Waals surface area contributed by atoms with Crippen molar-refractivity contribution in [1.29, 1.82) is 0 Å². The Morgan fingerprint density at radius 1 is 0.966 bits per heavy atom. The van der Waals surface area contributed by atoms with Gasteiger partial charge in [-0.15, -0.1) is 10.2 Å². The van der Waals surface area contributed by atoms with Crippen molar-refractivity contribution >= 4 is 17.5 Å². The van der Waals surface area contributed by atoms with Crippen LogP contribution in [0.1, 0.15) is 27.3 Å². The normalized spacial score (nSPS) is 11.0. The van der Waals surface area contributed by atoms with Crippen LogP contribution in [0.5, 0.6) is 0 Å². The average Bonchev–Trinajstić information content (AvgIpc) is 3.32. The fourth-order valence-corrected chi connectivity index (χ4v) is 4.24. The number of aromatic nitrogens is 4. The van der Waals surface area contributed by atoms with Crippen LogP contribution >= 0.6 is 11.8 Å². The van der Waals surface area contributed by atoms with E-state index < -0.39 is 0 Å². The molecular formula is C23H22N4OS. The third-order valence-electron chi connectivity index (χ3n) is 4.91. The summed E-state index contributed by atoms with van der Waals surface area (Å²) in [5.41, 5.74) is 6.02. The van der Waals surface area contributed by atoms with Crippen molar-refractivity contribution in [1.82, 2.24) is 19.3 Å². The maximum atomic E-state index is 13.0. The summed E-state index contributed by atoms with van der Waals surface area (Å²) in [6, 6.07) is 20.2. The Bertz CT molecular complexity index is 1140. The molecule has 2 aromatic carbocycles. The lowest BCUT2D eigenvalue weighted by Gasteiger charge is -2.10. The van der Waals surface area contributed by atoms with Crippen LogP contribution in [0, 0.1) is 20.8 Å². The molecular weight excluding hydrogens is 380 g/mol. The minimum absolute atomic E-state index is 0.0871. The summed E-state index contributed by atoms with van der Waals surface area (Å²) < 4.78 is 4.03. The third-order valence-corrected chi connectivity index (χ3v) is 5.85. The zero-order valence-corrected chi connectivity index (χ0v) is 17.5. The predicted octanol–water partition coefficient (Wildman–Crippen LogP) is 4.96. The molecule has 6 heteroatoms. The molecule has 0 amide bonds. The summed E-state index contributed by atoms with van der Waals surface area (Å²) in [6.07, 6.45) is 1.67. The molecule has 146 valence electrons. The molecule has 4 aromatic rings. The number of hydrogen-bond donors (Lipinski definition) is 0. The van der Waals surface area contributed by atoms with Crippen LogP contribution in [-0.4, -0.2) is 30.9 Å². The molecule has 4 rings (SSSR count). The quantitative estimate of drug-likeness (QED) is 0.338. The number of carbonyl (C=O) groups is 1. The lowest BCUT2D eigenvalue weighted by Crippen LogP contribution is -2.06. The molecule has 0 radical (unpaired) electrons. The number of rotatable bonds is 6. The van der Waals surface area contributed by atoms with E-state index in [4.69, 9.17) is 0 Å². The summed E-state index contributed by atoms with van der Waals surface area (Å²) in [5, 5.41) is 8.89. The van der Waals surface area contributed by atoms with E-state index in [9.17, 15) is 4.79 Å². The van der Waals surface area contributed by atoms with Crippen LogP contribution in [-0.2, 0) is 0 Å². The van der Waals surface area contributed by atoms with E-state index >= 15 is 0 Å². The Kier molecular flexibility index (Phi) is 5.36. The Hall–Kier alpha value is -3.12. The van der Waals surface area contributed by atoms with Gasteiger partial charge >= 0.3 is 0 Å². The van der Waals surface area contributed by atoms with E-state index in [-0.39, 0.29) is 5.78 Å². The first kappa shape index (κ1) is 19.2. The second-order valence-corrected chi connectivity index (χ2v) is 7.93. The molecule has 2 heterocycles. The van der Waals surface area contributed by atoms with Gasteiger partial charge in [0.1, 0.15) is 6.33 Å². The SMILES string of the molecule is Cc1ccc(-n2c(C)cc(C(=O)CSc3nncn3-c3ccccc3)c2C)cc1. The molecule has 0 spiro atoms. The number of nitrogens with zero attached hydrogens (tertiary/aromatic N) is 4. The van der Waals surface area contributed by atoms with Crippen molar-refractivity contribution in [3.63, 3.8) is 0 Å². The highest BCUT2D eigenvalue weighted by molar-refractivity contribution is 7.99. The lowest BCUT2D eigenvalue weighted by atomic mass is 10.2. The van der Waals surface area contributed by atoms with Crippen LogP contribution in [0.2, 0.25) is 0 Å². The summed E-state index contributed by atoms with van der Waals surface area (Å²) in [6.45, 7) is 6.10. The topological polar surface area (TPSA) is 52.7 Å². The maximum absolute atomic E-state index is 13.0. The Morgan fingerprint density at radius 3 is 2.41 bits per heavy atom. The highest BCUT2D eigenvalue weighted by Gasteiger charge is 2.18. The van der Waals surface area contributed by atoms with Gasteiger partial charge in [-0.1, -0.05) is 47.7 Å². The van der Waals surface area contributed by atoms with Gasteiger partial charge in [0.15, 0.2) is 10.9 Å². The molecule has 0 aliphatic rings. The largest absolute Gasteiger partial charge is 0.318 e. The van der Waals surface area contributed by atoms with Crippen LogP contribution in [0.15, 0.2) is 72.1 Å². The Balaban J connectivity index is 1.54. The monoisotopic (exact) mass is 402 g/mol. The molecule has 0 saturated carbocycles. The Morgan fingerprint density at radius 2 is 1.69 bits per heavy atom. The Labute approximate surface area is 174 Å². The smallest absolute Gasteiger partial charge is 0.196 e. The standard InChI is InChI=1S/C23H22N4OS/c1-16-9-11-20(12-10-16)27-17(2)13-21(18(27)3)22(28)14-29-23-25-24-15-26(23)19-7-5-4-6-8-19/h4-13,15H,14H2,1-3H3. The summed E-state index contributed by atoms with van der Waals surface area (Å²) >= 11 is 1.40. The minimum Gasteiger partial charge on any atom is -0.318 e. The molecule has 29 heavy (non-hydrogen) atoms. The fraction of sp³-hybridized carbons (Fsp3) is 0.174. The van der Waals surface area contributed by atoms with Gasteiger partial charge in [-0.05, 0) is 51.1 Å². The summed E-state index contributed by atoms with van der Waals surface area (Å²) in [4.78, 5) is 13.0. The first-order chi connectivity index (χ1) is 14.0. The molecule has 0 aliphatic carbocycles. The summed E-state index contributed by atoms with van der Waals surface area (Å²) in [5.74, 6) is 0.396. The number of ketones is 1. The molecule has 0 atom stereocenters. The van der Waals surface area contributed by atoms with E-state index in [1.165, 1.54) is 17.3 Å². The number of benzene rings is 2. The number of aryl methyl sites for hydroxylation is 2. The minimum atomic E-state index is 0.0871. The van der Waals surface area contributed by atoms with Gasteiger partial charge in [0.25, 0.3) is 0 Å². The number of hydrogen-bond acceptors (Lipinski definition) is 4. The van der Waals surface area contributed by atoms with Crippen molar-refractivity contribution in [2.45, 2.75) is 25.9 Å². The van der Waals surface area contributed by atoms with Gasteiger partial charge in [-0.3, -0.25) is 9.36 Å². The van der Waals surface area contributed by atoms with Gasteiger partial charge in [0.05, 0.1) is 5.75 Å². The molecule has 0 aliphatic heterocycles. The first-order valence-corrected chi connectivity index (χ1v) is 10.4. The second-order valence-electron chi connectivity index (χ2n) is 6.99. The zero-order chi connectivity index (χ0) is 20.4. The van der Waals surface area contributed by atoms with E-state index in [2.05, 4.69) is 46.0 Å². The first-order valence-electron chi connectivity index (χ1n) is 9.42. The van der Waals surface area contributed by atoms with Gasteiger partial charge in [-0.25, -0.2) is 0 Å². The van der Waals surface area contributed by atoms with Crippen molar-refractivity contribution in [2.75, 3.05) is 5.75 Å². The molecule has 0 unspecified atom stereocenters. The number of para-hydroxylation sites is 1. The molecule has 0 bridgehead atoms. The third kappa shape index (κ3) is 3.89. The van der Waals surface area contributed by atoms with Crippen molar-refractivity contribution in [3.05, 3.63) is 89.5 Å². The summed E-state index contributed by atoms with van der Waals surface area (Å²) in [7, 11) is 0. The van der Waals surface area contributed by atoms with Crippen molar-refractivity contribution in [3.8, 4) is 11.4 Å². The van der Waals surface area contributed by atoms with Crippen LogP contribution in [0.4, 0.5) is 0 Å². The molecule has 5 nitrogen and oxygen atoms in total. The highest BCUT2D eigenvalue weighted by atomic mass is 32.2. The van der Waals surface area contributed by atoms with Crippen LogP contribution in [0.25, 0.3) is 11.4 Å². The number of Topliss-reactive ketones (excluding diaryl/α,β-unsaturated/α-hetero) is 1. The van der Waals surface area contributed by atoms with E-state index in [0.717, 1.165) is 28.3 Å². The highest BCUT2D eigenvalue weighted by Crippen LogP contribution is 2.25. The van der Waals surface area contributed by atoms with E-state index in [1.54, 1.807) is 6.33 Å². The lowest BCUT2D eigenvalue weighted by molar-refractivity contribution is 0.102. The van der Waals surface area contributed by atoms with Gasteiger partial charge in [0.2, 0.25) is 0 Å². The molecule has 2 aromatic heterocycles. The van der Waals surface area contributed by atoms with E-state index in [1.807, 2.05) is 54.8 Å². The zero-order valence-electron chi connectivity index (χ0n) is 16.7. The molecule has 0 saturated heterocycles. The van der Waals surface area contributed by atoms with Gasteiger partial charge in [-0.2, -0.15) is 0 Å². The maximum Gasteiger partial charge on any atom is 0.196 e. The fourth-order valence-electron chi connectivity index (χ4n) is 3.43. The van der Waals surface area contributed by atoms with Crippen molar-refractivity contribution in [2.24, 2.45) is 0 Å². The molecule has 0 N–H and O–H groups in total. The average molecular weight is 403 g/mol. The number of thioether (sulfide) groups is 1. The van der Waals surface area contributed by atoms with E-state index in [0.29, 0.717) is 10.9 Å². The predicted molar refractivity (Wildman–Crippen MR) is 116 cm³/mol. The second kappa shape index (κ2) is 8.09. The van der Waals surface area contributed by atoms with Crippen LogP contribution in [0.3, 0.4) is 0 Å². The van der Waals surface area contributed by atoms with Gasteiger partial charge in [0, 0.05) is 28.3 Å². The number of carbonyl (C=O) groups excluding carboxylic acids is 1.